The Kier molecular flexibility index (Phi) is 3.77. The zero-order valence-electron chi connectivity index (χ0n) is 8.16. The first-order chi connectivity index (χ1) is 7.27. The highest BCUT2D eigenvalue weighted by Gasteiger charge is 2.23. The maximum atomic E-state index is 11.6. The molecule has 2 rings (SSSR count). The molecule has 3 nitrogen and oxygen atoms in total. The molecule has 1 amide bonds. The molecule has 5 heteroatoms. The summed E-state index contributed by atoms with van der Waals surface area (Å²) in [6.45, 7) is 1.29. The zero-order chi connectivity index (χ0) is 10.7. The molecule has 0 bridgehead atoms. The summed E-state index contributed by atoms with van der Waals surface area (Å²) in [6.07, 6.45) is 1.60. The first-order valence-electron chi connectivity index (χ1n) is 4.88. The Morgan fingerprint density at radius 1 is 1.73 bits per heavy atom. The van der Waals surface area contributed by atoms with Crippen molar-refractivity contribution < 1.29 is 9.53 Å². The van der Waals surface area contributed by atoms with Crippen molar-refractivity contribution in [3.8, 4) is 0 Å². The van der Waals surface area contributed by atoms with Crippen LogP contribution in [0.25, 0.3) is 0 Å². The number of amides is 1. The van der Waals surface area contributed by atoms with E-state index in [0.717, 1.165) is 22.2 Å². The average Bonchev–Trinajstić information content (AvgIpc) is 2.85. The van der Waals surface area contributed by atoms with Crippen LogP contribution in [0.1, 0.15) is 17.7 Å². The predicted molar refractivity (Wildman–Crippen MR) is 62.8 cm³/mol. The zero-order valence-corrected chi connectivity index (χ0v) is 10.6. The maximum Gasteiger partial charge on any atom is 0.249 e. The molecule has 1 aromatic rings. The van der Waals surface area contributed by atoms with E-state index in [1.165, 1.54) is 0 Å². The molecule has 1 fully saturated rings. The van der Waals surface area contributed by atoms with Gasteiger partial charge in [0.2, 0.25) is 5.91 Å². The predicted octanol–water partition coefficient (Wildman–Crippen LogP) is 2.31. The summed E-state index contributed by atoms with van der Waals surface area (Å²) < 4.78 is 6.35. The lowest BCUT2D eigenvalue weighted by molar-refractivity contribution is -0.130. The van der Waals surface area contributed by atoms with Crippen LogP contribution < -0.4 is 5.32 Å². The van der Waals surface area contributed by atoms with Gasteiger partial charge in [-0.3, -0.25) is 4.79 Å². The lowest BCUT2D eigenvalue weighted by Gasteiger charge is -2.09. The minimum atomic E-state index is -0.233. The van der Waals surface area contributed by atoms with Gasteiger partial charge in [0.1, 0.15) is 6.10 Å². The second kappa shape index (κ2) is 5.09. The molecule has 1 unspecified atom stereocenters. The molecule has 0 radical (unpaired) electrons. The standard InChI is InChI=1S/C10H12BrNO2S/c11-7-3-5-15-9(7)6-12-10(13)8-2-1-4-14-8/h3,5,8H,1-2,4,6H2,(H,12,13). The van der Waals surface area contributed by atoms with Gasteiger partial charge in [0.05, 0.1) is 6.54 Å². The lowest BCUT2D eigenvalue weighted by Crippen LogP contribution is -2.33. The monoisotopic (exact) mass is 289 g/mol. The Hall–Kier alpha value is -0.390. The van der Waals surface area contributed by atoms with Crippen LogP contribution in [0.15, 0.2) is 15.9 Å². The molecule has 0 spiro atoms. The first kappa shape index (κ1) is 11.1. The quantitative estimate of drug-likeness (QED) is 0.927. The van der Waals surface area contributed by atoms with Gasteiger partial charge >= 0.3 is 0 Å². The third kappa shape index (κ3) is 2.80. The maximum absolute atomic E-state index is 11.6. The number of thiophene rings is 1. The first-order valence-corrected chi connectivity index (χ1v) is 6.56. The van der Waals surface area contributed by atoms with Crippen LogP contribution in [-0.4, -0.2) is 18.6 Å². The Labute approximate surface area is 101 Å². The molecule has 15 heavy (non-hydrogen) atoms. The van der Waals surface area contributed by atoms with Gasteiger partial charge in [-0.15, -0.1) is 11.3 Å². The molecule has 82 valence electrons. The molecule has 0 aromatic carbocycles. The highest BCUT2D eigenvalue weighted by molar-refractivity contribution is 9.10. The van der Waals surface area contributed by atoms with Crippen molar-refractivity contribution in [1.82, 2.24) is 5.32 Å². The third-order valence-electron chi connectivity index (χ3n) is 2.34. The van der Waals surface area contributed by atoms with E-state index in [9.17, 15) is 4.79 Å². The van der Waals surface area contributed by atoms with Gasteiger partial charge in [0.15, 0.2) is 0 Å². The van der Waals surface area contributed by atoms with Crippen molar-refractivity contribution in [2.45, 2.75) is 25.5 Å². The van der Waals surface area contributed by atoms with E-state index in [4.69, 9.17) is 4.74 Å². The molecule has 0 aliphatic carbocycles. The third-order valence-corrected chi connectivity index (χ3v) is 4.26. The highest BCUT2D eigenvalue weighted by atomic mass is 79.9. The van der Waals surface area contributed by atoms with Crippen LogP contribution in [0.2, 0.25) is 0 Å². The molecule has 1 aliphatic heterocycles. The van der Waals surface area contributed by atoms with Gasteiger partial charge in [-0.05, 0) is 40.2 Å². The van der Waals surface area contributed by atoms with E-state index in [1.54, 1.807) is 11.3 Å². The molecule has 1 aliphatic rings. The number of carbonyl (C=O) groups is 1. The second-order valence-corrected chi connectivity index (χ2v) is 5.27. The summed E-state index contributed by atoms with van der Waals surface area (Å²) in [4.78, 5) is 12.7. The van der Waals surface area contributed by atoms with Gasteiger partial charge in [0.25, 0.3) is 0 Å². The lowest BCUT2D eigenvalue weighted by atomic mass is 10.2. The second-order valence-electron chi connectivity index (χ2n) is 3.41. The van der Waals surface area contributed by atoms with Crippen molar-refractivity contribution in [2.75, 3.05) is 6.61 Å². The molecule has 2 heterocycles. The Balaban J connectivity index is 1.83. The number of rotatable bonds is 3. The smallest absolute Gasteiger partial charge is 0.249 e. The van der Waals surface area contributed by atoms with Crippen LogP contribution in [0.4, 0.5) is 0 Å². The number of ether oxygens (including phenoxy) is 1. The summed E-state index contributed by atoms with van der Waals surface area (Å²) in [7, 11) is 0. The summed E-state index contributed by atoms with van der Waals surface area (Å²) >= 11 is 5.06. The largest absolute Gasteiger partial charge is 0.368 e. The van der Waals surface area contributed by atoms with Gasteiger partial charge in [0, 0.05) is 16.0 Å². The highest BCUT2D eigenvalue weighted by Crippen LogP contribution is 2.22. The SMILES string of the molecule is O=C(NCc1sccc1Br)C1CCCO1. The molecule has 1 aromatic heterocycles. The number of hydrogen-bond acceptors (Lipinski definition) is 3. The van der Waals surface area contributed by atoms with Crippen molar-refractivity contribution in [3.05, 3.63) is 20.8 Å². The molecule has 1 atom stereocenters. The van der Waals surface area contributed by atoms with Gasteiger partial charge in [-0.25, -0.2) is 0 Å². The van der Waals surface area contributed by atoms with E-state index < -0.39 is 0 Å². The molecular formula is C10H12BrNO2S. The molecule has 1 N–H and O–H groups in total. The average molecular weight is 290 g/mol. The van der Waals surface area contributed by atoms with Crippen molar-refractivity contribution in [3.63, 3.8) is 0 Å². The fraction of sp³-hybridized carbons (Fsp3) is 0.500. The number of carbonyl (C=O) groups excluding carboxylic acids is 1. The normalized spacial score (nSPS) is 20.5. The Morgan fingerprint density at radius 3 is 3.20 bits per heavy atom. The van der Waals surface area contributed by atoms with E-state index in [1.807, 2.05) is 11.4 Å². The van der Waals surface area contributed by atoms with Crippen molar-refractivity contribution >= 4 is 33.2 Å². The van der Waals surface area contributed by atoms with E-state index in [2.05, 4.69) is 21.2 Å². The van der Waals surface area contributed by atoms with Gasteiger partial charge < -0.3 is 10.1 Å². The van der Waals surface area contributed by atoms with Gasteiger partial charge in [-0.2, -0.15) is 0 Å². The Morgan fingerprint density at radius 2 is 2.60 bits per heavy atom. The van der Waals surface area contributed by atoms with Crippen molar-refractivity contribution in [2.24, 2.45) is 0 Å². The Bertz CT molecular complexity index is 347. The van der Waals surface area contributed by atoms with Crippen LogP contribution in [0, 0.1) is 0 Å². The minimum Gasteiger partial charge on any atom is -0.368 e. The van der Waals surface area contributed by atoms with Gasteiger partial charge in [-0.1, -0.05) is 0 Å². The molecular weight excluding hydrogens is 278 g/mol. The summed E-state index contributed by atoms with van der Waals surface area (Å²) in [5.41, 5.74) is 0. The van der Waals surface area contributed by atoms with Crippen molar-refractivity contribution in [1.29, 1.82) is 0 Å². The van der Waals surface area contributed by atoms with Crippen LogP contribution in [0.5, 0.6) is 0 Å². The van der Waals surface area contributed by atoms with Crippen LogP contribution >= 0.6 is 27.3 Å². The molecule has 1 saturated heterocycles. The van der Waals surface area contributed by atoms with E-state index in [-0.39, 0.29) is 12.0 Å². The fourth-order valence-electron chi connectivity index (χ4n) is 1.52. The topological polar surface area (TPSA) is 38.3 Å². The summed E-state index contributed by atoms with van der Waals surface area (Å²) in [5.74, 6) is 0.00722. The van der Waals surface area contributed by atoms with Crippen LogP contribution in [-0.2, 0) is 16.1 Å². The minimum absolute atomic E-state index is 0.00722. The fourth-order valence-corrected chi connectivity index (χ4v) is 2.95. The number of nitrogens with one attached hydrogen (secondary N) is 1. The van der Waals surface area contributed by atoms with Crippen LogP contribution in [0.3, 0.4) is 0 Å². The summed E-state index contributed by atoms with van der Waals surface area (Å²) in [6, 6.07) is 1.98. The van der Waals surface area contributed by atoms with E-state index >= 15 is 0 Å². The van der Waals surface area contributed by atoms with E-state index in [0.29, 0.717) is 13.2 Å². The summed E-state index contributed by atoms with van der Waals surface area (Å²) in [5, 5.41) is 4.88. The number of hydrogen-bond donors (Lipinski definition) is 1. The number of halogens is 1. The molecule has 0 saturated carbocycles.